The van der Waals surface area contributed by atoms with Gasteiger partial charge in [0.25, 0.3) is 0 Å². The highest BCUT2D eigenvalue weighted by Crippen LogP contribution is 2.25. The van der Waals surface area contributed by atoms with Gasteiger partial charge in [-0.05, 0) is 54.4 Å². The van der Waals surface area contributed by atoms with E-state index in [1.807, 2.05) is 26.8 Å². The largest absolute Gasteiger partial charge is 0.242 e. The minimum atomic E-state index is -3.50. The second kappa shape index (κ2) is 5.38. The Bertz CT molecular complexity index is 507. The summed E-state index contributed by atoms with van der Waals surface area (Å²) in [7, 11) is -3.50. The molecule has 1 aromatic carbocycles. The molecule has 0 aromatic heterocycles. The summed E-state index contributed by atoms with van der Waals surface area (Å²) in [5, 5.41) is 0.623. The van der Waals surface area contributed by atoms with Gasteiger partial charge in [-0.2, -0.15) is 0 Å². The molecule has 0 saturated heterocycles. The van der Waals surface area contributed by atoms with E-state index in [1.165, 1.54) is 0 Å². The van der Waals surface area contributed by atoms with E-state index < -0.39 is 15.6 Å². The maximum atomic E-state index is 12.2. The summed E-state index contributed by atoms with van der Waals surface area (Å²) < 4.78 is 27.6. The Morgan fingerprint density at radius 1 is 1.29 bits per heavy atom. The van der Waals surface area contributed by atoms with Gasteiger partial charge in [0.2, 0.25) is 10.0 Å². The summed E-state index contributed by atoms with van der Waals surface area (Å²) in [5.74, 6) is 0. The summed E-state index contributed by atoms with van der Waals surface area (Å²) in [6.07, 6.45) is 0. The maximum absolute atomic E-state index is 12.2. The van der Waals surface area contributed by atoms with Crippen molar-refractivity contribution in [3.63, 3.8) is 0 Å². The first-order valence-electron chi connectivity index (χ1n) is 5.04. The van der Waals surface area contributed by atoms with Crippen molar-refractivity contribution >= 4 is 41.9 Å². The fourth-order valence-electron chi connectivity index (χ4n) is 1.29. The van der Waals surface area contributed by atoms with Gasteiger partial charge in [-0.3, -0.25) is 0 Å². The van der Waals surface area contributed by atoms with Crippen molar-refractivity contribution in [3.05, 3.63) is 28.2 Å². The molecule has 0 bridgehead atoms. The van der Waals surface area contributed by atoms with Gasteiger partial charge < -0.3 is 0 Å². The molecule has 0 fully saturated rings. The highest BCUT2D eigenvalue weighted by atomic mass is 79.9. The van der Waals surface area contributed by atoms with E-state index >= 15 is 0 Å². The molecule has 1 aromatic rings. The van der Waals surface area contributed by atoms with Crippen LogP contribution in [0.25, 0.3) is 0 Å². The van der Waals surface area contributed by atoms with E-state index in [2.05, 4.69) is 36.6 Å². The second-order valence-corrected chi connectivity index (χ2v) is 7.82. The smallest absolute Gasteiger partial charge is 0.207 e. The Morgan fingerprint density at radius 2 is 1.88 bits per heavy atom. The molecule has 3 nitrogen and oxygen atoms in total. The Hall–Kier alpha value is 0.0900. The van der Waals surface area contributed by atoms with Crippen LogP contribution >= 0.6 is 31.9 Å². The van der Waals surface area contributed by atoms with E-state index in [4.69, 9.17) is 0 Å². The van der Waals surface area contributed by atoms with Gasteiger partial charge in [-0.25, -0.2) is 13.1 Å². The number of nitrogens with one attached hydrogen (secondary N) is 1. The number of alkyl halides is 1. The van der Waals surface area contributed by atoms with Crippen LogP contribution in [0.1, 0.15) is 26.3 Å². The first-order chi connectivity index (χ1) is 7.65. The van der Waals surface area contributed by atoms with Crippen LogP contribution in [0.2, 0.25) is 0 Å². The third-order valence-corrected chi connectivity index (χ3v) is 5.28. The Labute approximate surface area is 119 Å². The lowest BCUT2D eigenvalue weighted by molar-refractivity contribution is 0.491. The zero-order valence-corrected chi connectivity index (χ0v) is 13.9. The Kier molecular flexibility index (Phi) is 4.80. The van der Waals surface area contributed by atoms with E-state index in [1.54, 1.807) is 12.1 Å². The van der Waals surface area contributed by atoms with Gasteiger partial charge in [0, 0.05) is 15.3 Å². The summed E-state index contributed by atoms with van der Waals surface area (Å²) >= 11 is 6.58. The second-order valence-electron chi connectivity index (χ2n) is 4.75. The van der Waals surface area contributed by atoms with Crippen LogP contribution in [0.15, 0.2) is 27.6 Å². The van der Waals surface area contributed by atoms with Gasteiger partial charge in [0.15, 0.2) is 0 Å². The number of rotatable bonds is 3. The summed E-state index contributed by atoms with van der Waals surface area (Å²) in [4.78, 5) is 0.268. The molecule has 96 valence electrons. The van der Waals surface area contributed by atoms with Crippen LogP contribution in [0.3, 0.4) is 0 Å². The van der Waals surface area contributed by atoms with Crippen LogP contribution in [-0.2, 0) is 15.4 Å². The fourth-order valence-corrected chi connectivity index (χ4v) is 4.08. The van der Waals surface area contributed by atoms with Crippen molar-refractivity contribution < 1.29 is 8.42 Å². The molecule has 0 unspecified atom stereocenters. The van der Waals surface area contributed by atoms with Crippen molar-refractivity contribution in [1.82, 2.24) is 4.72 Å². The highest BCUT2D eigenvalue weighted by Gasteiger charge is 2.24. The normalized spacial score (nSPS) is 12.8. The minimum absolute atomic E-state index is 0.268. The van der Waals surface area contributed by atoms with Gasteiger partial charge in [0.05, 0.1) is 4.90 Å². The predicted octanol–water partition coefficient (Wildman–Crippen LogP) is 3.42. The number of halogens is 2. The molecule has 0 radical (unpaired) electrons. The van der Waals surface area contributed by atoms with Crippen LogP contribution < -0.4 is 4.72 Å². The zero-order chi connectivity index (χ0) is 13.3. The van der Waals surface area contributed by atoms with E-state index in [9.17, 15) is 8.42 Å². The molecule has 0 aliphatic heterocycles. The number of hydrogen-bond acceptors (Lipinski definition) is 2. The molecule has 0 amide bonds. The molecular weight excluding hydrogens is 370 g/mol. The third-order valence-electron chi connectivity index (χ3n) is 1.88. The van der Waals surface area contributed by atoms with Gasteiger partial charge in [0.1, 0.15) is 0 Å². The van der Waals surface area contributed by atoms with Crippen molar-refractivity contribution in [3.8, 4) is 0 Å². The van der Waals surface area contributed by atoms with E-state index in [0.29, 0.717) is 9.80 Å². The number of hydrogen-bond donors (Lipinski definition) is 1. The van der Waals surface area contributed by atoms with Gasteiger partial charge in [-0.1, -0.05) is 22.0 Å². The molecule has 17 heavy (non-hydrogen) atoms. The zero-order valence-electron chi connectivity index (χ0n) is 9.92. The molecule has 0 heterocycles. The van der Waals surface area contributed by atoms with Crippen molar-refractivity contribution in [2.75, 3.05) is 0 Å². The highest BCUT2D eigenvalue weighted by molar-refractivity contribution is 9.10. The maximum Gasteiger partial charge on any atom is 0.242 e. The molecule has 1 N–H and O–H groups in total. The molecule has 0 atom stereocenters. The monoisotopic (exact) mass is 383 g/mol. The van der Waals surface area contributed by atoms with Crippen LogP contribution in [-0.4, -0.2) is 14.0 Å². The molecular formula is C11H15Br2NO2S. The summed E-state index contributed by atoms with van der Waals surface area (Å²) in [6.45, 7) is 5.44. The van der Waals surface area contributed by atoms with Crippen LogP contribution in [0.5, 0.6) is 0 Å². The lowest BCUT2D eigenvalue weighted by Crippen LogP contribution is -2.40. The average Bonchev–Trinajstić information content (AvgIpc) is 2.14. The first-order valence-corrected chi connectivity index (χ1v) is 8.44. The Balaban J connectivity index is 3.23. The summed E-state index contributed by atoms with van der Waals surface area (Å²) in [6, 6.07) is 5.27. The lowest BCUT2D eigenvalue weighted by Gasteiger charge is -2.21. The predicted molar refractivity (Wildman–Crippen MR) is 76.8 cm³/mol. The van der Waals surface area contributed by atoms with Crippen LogP contribution in [0, 0.1) is 0 Å². The third kappa shape index (κ3) is 4.35. The van der Waals surface area contributed by atoms with E-state index in [-0.39, 0.29) is 4.90 Å². The van der Waals surface area contributed by atoms with Crippen LogP contribution in [0.4, 0.5) is 0 Å². The van der Waals surface area contributed by atoms with Crippen molar-refractivity contribution in [2.24, 2.45) is 0 Å². The SMILES string of the molecule is CC(C)(C)NS(=O)(=O)c1cc(CBr)ccc1Br. The molecule has 1 rings (SSSR count). The average molecular weight is 385 g/mol. The molecule has 0 aliphatic rings. The first kappa shape index (κ1) is 15.1. The molecule has 0 spiro atoms. The lowest BCUT2D eigenvalue weighted by atomic mass is 10.1. The van der Waals surface area contributed by atoms with E-state index in [0.717, 1.165) is 5.56 Å². The molecule has 6 heteroatoms. The van der Waals surface area contributed by atoms with Gasteiger partial charge in [-0.15, -0.1) is 0 Å². The molecule has 0 aliphatic carbocycles. The topological polar surface area (TPSA) is 46.2 Å². The van der Waals surface area contributed by atoms with Crippen molar-refractivity contribution in [2.45, 2.75) is 36.5 Å². The summed E-state index contributed by atoms with van der Waals surface area (Å²) in [5.41, 5.74) is 0.422. The Morgan fingerprint density at radius 3 is 2.35 bits per heavy atom. The molecule has 0 saturated carbocycles. The quantitative estimate of drug-likeness (QED) is 0.811. The standard InChI is InChI=1S/C11H15Br2NO2S/c1-11(2,3)14-17(15,16)10-6-8(7-12)4-5-9(10)13/h4-6,14H,7H2,1-3H3. The number of benzene rings is 1. The number of sulfonamides is 1. The van der Waals surface area contributed by atoms with Crippen molar-refractivity contribution in [1.29, 1.82) is 0 Å². The fraction of sp³-hybridized carbons (Fsp3) is 0.455. The van der Waals surface area contributed by atoms with Gasteiger partial charge >= 0.3 is 0 Å². The minimum Gasteiger partial charge on any atom is -0.207 e.